The molecule has 1 unspecified atom stereocenters. The molecule has 1 N–H and O–H groups in total. The van der Waals surface area contributed by atoms with Gasteiger partial charge in [-0.05, 0) is 121 Å². The Balaban J connectivity index is 1.23. The number of hydrogen-bond acceptors (Lipinski definition) is 2. The molecule has 1 atom stereocenters. The van der Waals surface area contributed by atoms with Crippen LogP contribution in [-0.2, 0) is 0 Å². The number of nitrogens with zero attached hydrogens (tertiary/aromatic N) is 2. The number of amides is 1. The van der Waals surface area contributed by atoms with E-state index in [0.29, 0.717) is 16.8 Å². The smallest absolute Gasteiger partial charge is 0.261 e. The average molecular weight is 855 g/mol. The van der Waals surface area contributed by atoms with E-state index < -0.39 is 6.23 Å². The largest absolute Gasteiger partial charge is 0.369 e. The van der Waals surface area contributed by atoms with Crippen molar-refractivity contribution in [2.75, 3.05) is 4.90 Å². The highest BCUT2D eigenvalue weighted by Gasteiger charge is 2.42. The van der Waals surface area contributed by atoms with Crippen LogP contribution in [-0.4, -0.2) is 15.6 Å². The first-order valence-electron chi connectivity index (χ1n) is 22.8. The summed E-state index contributed by atoms with van der Waals surface area (Å²) in [6.45, 7) is 13.1. The second-order valence-electron chi connectivity index (χ2n) is 18.1. The van der Waals surface area contributed by atoms with E-state index in [1.54, 1.807) is 4.90 Å². The number of anilines is 1. The third-order valence-corrected chi connectivity index (χ3v) is 13.6. The minimum absolute atomic E-state index is 0.252. The number of aryl methyl sites for hydroxylation is 6. The van der Waals surface area contributed by atoms with E-state index in [4.69, 9.17) is 0 Å². The summed E-state index contributed by atoms with van der Waals surface area (Å²) in [6.07, 6.45) is -1.33. The summed E-state index contributed by atoms with van der Waals surface area (Å²) in [5, 5.41) is 15.5. The monoisotopic (exact) mass is 854 g/mol. The van der Waals surface area contributed by atoms with E-state index in [2.05, 4.69) is 161 Å². The molecule has 1 amide bonds. The van der Waals surface area contributed by atoms with Gasteiger partial charge in [0.05, 0.1) is 22.4 Å². The van der Waals surface area contributed by atoms with Crippen LogP contribution in [0.1, 0.15) is 55.5 Å². The van der Waals surface area contributed by atoms with Crippen molar-refractivity contribution in [1.82, 2.24) is 4.57 Å². The highest BCUT2D eigenvalue weighted by atomic mass is 16.3. The van der Waals surface area contributed by atoms with Crippen molar-refractivity contribution in [2.45, 2.75) is 47.8 Å². The van der Waals surface area contributed by atoms with Gasteiger partial charge in [0, 0.05) is 44.2 Å². The molecule has 2 heterocycles. The van der Waals surface area contributed by atoms with Crippen LogP contribution in [0.2, 0.25) is 0 Å². The number of hydrogen-bond donors (Lipinski definition) is 1. The molecule has 0 bridgehead atoms. The highest BCUT2D eigenvalue weighted by molar-refractivity contribution is 6.19. The van der Waals surface area contributed by atoms with Crippen molar-refractivity contribution in [3.8, 4) is 61.3 Å². The average Bonchev–Trinajstić information content (AvgIpc) is 3.80. The third kappa shape index (κ3) is 6.51. The summed E-state index contributed by atoms with van der Waals surface area (Å²) in [5.41, 5.74) is 22.0. The number of aromatic nitrogens is 1. The van der Waals surface area contributed by atoms with Gasteiger partial charge in [0.15, 0.2) is 6.23 Å². The first kappa shape index (κ1) is 40.9. The summed E-state index contributed by atoms with van der Waals surface area (Å²) >= 11 is 0. The molecule has 1 aromatic heterocycles. The standard InChI is InChI=1S/C62H50N2O2/c1-37-31-39(3)55(40(4)32-37)49-27-16-25-47-48-26-17-28-50(56-41(5)33-38(2)34-42(56)6)59(48)63(58(47)49)54-30-18-29-51-57(54)62(66)64(61(51)65)60-52(44-21-12-8-13-22-44)35-46(43-19-10-7-11-20-43)36-53(60)45-23-14-9-15-24-45/h7-36,62,66H,1-6H3. The minimum atomic E-state index is -1.33. The number of carbonyl (C=O) groups excluding carboxylic acids is 1. The Morgan fingerprint density at radius 1 is 0.409 bits per heavy atom. The lowest BCUT2D eigenvalue weighted by Gasteiger charge is -2.28. The van der Waals surface area contributed by atoms with E-state index in [0.717, 1.165) is 72.0 Å². The van der Waals surface area contributed by atoms with Gasteiger partial charge in [0.25, 0.3) is 5.91 Å². The van der Waals surface area contributed by atoms with Crippen LogP contribution in [0.5, 0.6) is 0 Å². The molecule has 4 heteroatoms. The Morgan fingerprint density at radius 2 is 0.818 bits per heavy atom. The molecule has 11 rings (SSSR count). The third-order valence-electron chi connectivity index (χ3n) is 13.6. The molecule has 0 aliphatic carbocycles. The number of benzene rings is 9. The van der Waals surface area contributed by atoms with Crippen LogP contribution in [0.25, 0.3) is 83.1 Å². The highest BCUT2D eigenvalue weighted by Crippen LogP contribution is 2.51. The fourth-order valence-corrected chi connectivity index (χ4v) is 11.1. The van der Waals surface area contributed by atoms with E-state index >= 15 is 4.79 Å². The second kappa shape index (κ2) is 16.0. The van der Waals surface area contributed by atoms with E-state index in [-0.39, 0.29) is 5.91 Å². The van der Waals surface area contributed by atoms with Crippen molar-refractivity contribution < 1.29 is 9.90 Å². The lowest BCUT2D eigenvalue weighted by atomic mass is 9.90. The molecule has 0 saturated carbocycles. The zero-order valence-corrected chi connectivity index (χ0v) is 38.1. The first-order chi connectivity index (χ1) is 32.1. The Bertz CT molecular complexity index is 3340. The van der Waals surface area contributed by atoms with Gasteiger partial charge in [0.2, 0.25) is 0 Å². The van der Waals surface area contributed by atoms with Gasteiger partial charge in [-0.1, -0.05) is 169 Å². The molecule has 0 saturated heterocycles. The molecule has 0 spiro atoms. The fraction of sp³-hybridized carbons (Fsp3) is 0.113. The van der Waals surface area contributed by atoms with Crippen LogP contribution < -0.4 is 4.90 Å². The van der Waals surface area contributed by atoms with Crippen molar-refractivity contribution in [1.29, 1.82) is 0 Å². The second-order valence-corrected chi connectivity index (χ2v) is 18.1. The van der Waals surface area contributed by atoms with Gasteiger partial charge in [-0.3, -0.25) is 9.69 Å². The zero-order chi connectivity index (χ0) is 45.4. The van der Waals surface area contributed by atoms with E-state index in [9.17, 15) is 5.11 Å². The molecular formula is C62H50N2O2. The van der Waals surface area contributed by atoms with Gasteiger partial charge < -0.3 is 9.67 Å². The van der Waals surface area contributed by atoms with E-state index in [1.807, 2.05) is 66.7 Å². The summed E-state index contributed by atoms with van der Waals surface area (Å²) < 4.78 is 2.36. The predicted octanol–water partition coefficient (Wildman–Crippen LogP) is 15.6. The van der Waals surface area contributed by atoms with Crippen molar-refractivity contribution in [3.05, 3.63) is 226 Å². The molecule has 66 heavy (non-hydrogen) atoms. The first-order valence-corrected chi connectivity index (χ1v) is 22.8. The number of carbonyl (C=O) groups is 1. The fourth-order valence-electron chi connectivity index (χ4n) is 11.1. The summed E-state index contributed by atoms with van der Waals surface area (Å²) in [5.74, 6) is -0.252. The predicted molar refractivity (Wildman–Crippen MR) is 275 cm³/mol. The van der Waals surface area contributed by atoms with Crippen LogP contribution >= 0.6 is 0 Å². The summed E-state index contributed by atoms with van der Waals surface area (Å²) in [4.78, 5) is 17.2. The molecule has 1 aliphatic rings. The molecule has 10 aromatic rings. The molecule has 4 nitrogen and oxygen atoms in total. The van der Waals surface area contributed by atoms with Gasteiger partial charge in [-0.25, -0.2) is 0 Å². The Labute approximate surface area is 386 Å². The SMILES string of the molecule is Cc1cc(C)c(-c2cccc3c4cccc(-c5c(C)cc(C)cc5C)c4n(-c4cccc5c4C(O)N(c4c(-c6ccccc6)cc(-c6ccccc6)cc4-c4ccccc4)C5=O)c23)c(C)c1. The van der Waals surface area contributed by atoms with Gasteiger partial charge in [-0.15, -0.1) is 0 Å². The quantitative estimate of drug-likeness (QED) is 0.174. The van der Waals surface area contributed by atoms with Crippen LogP contribution in [0.15, 0.2) is 182 Å². The lowest BCUT2D eigenvalue weighted by Crippen LogP contribution is -2.29. The Morgan fingerprint density at radius 3 is 1.27 bits per heavy atom. The summed E-state index contributed by atoms with van der Waals surface area (Å²) in [6, 6.07) is 63.4. The number of aliphatic hydroxyl groups excluding tert-OH is 1. The number of rotatable bonds is 7. The molecule has 9 aromatic carbocycles. The molecule has 0 fully saturated rings. The van der Waals surface area contributed by atoms with Crippen LogP contribution in [0.3, 0.4) is 0 Å². The lowest BCUT2D eigenvalue weighted by molar-refractivity contribution is 0.0935. The van der Waals surface area contributed by atoms with Crippen molar-refractivity contribution in [2.24, 2.45) is 0 Å². The van der Waals surface area contributed by atoms with Gasteiger partial charge in [0.1, 0.15) is 0 Å². The normalized spacial score (nSPS) is 13.5. The maximum absolute atomic E-state index is 15.6. The maximum Gasteiger partial charge on any atom is 0.261 e. The number of para-hydroxylation sites is 2. The van der Waals surface area contributed by atoms with Crippen molar-refractivity contribution >= 4 is 33.4 Å². The van der Waals surface area contributed by atoms with Crippen molar-refractivity contribution in [3.63, 3.8) is 0 Å². The zero-order valence-electron chi connectivity index (χ0n) is 38.1. The van der Waals surface area contributed by atoms with Gasteiger partial charge in [-0.2, -0.15) is 0 Å². The minimum Gasteiger partial charge on any atom is -0.369 e. The maximum atomic E-state index is 15.6. The topological polar surface area (TPSA) is 45.5 Å². The Hall–Kier alpha value is -7.79. The molecule has 1 aliphatic heterocycles. The van der Waals surface area contributed by atoms with Crippen LogP contribution in [0, 0.1) is 41.5 Å². The van der Waals surface area contributed by atoms with Crippen LogP contribution in [0.4, 0.5) is 5.69 Å². The number of aliphatic hydroxyl groups is 1. The van der Waals surface area contributed by atoms with Gasteiger partial charge >= 0.3 is 0 Å². The molecule has 320 valence electrons. The molecule has 0 radical (unpaired) electrons. The summed E-state index contributed by atoms with van der Waals surface area (Å²) in [7, 11) is 0. The number of fused-ring (bicyclic) bond motifs is 4. The Kier molecular flexibility index (Phi) is 9.94. The van der Waals surface area contributed by atoms with E-state index in [1.165, 1.54) is 44.5 Å². The molecular weight excluding hydrogens is 805 g/mol.